The van der Waals surface area contributed by atoms with E-state index in [4.69, 9.17) is 0 Å². The van der Waals surface area contributed by atoms with Crippen LogP contribution in [0.3, 0.4) is 0 Å². The van der Waals surface area contributed by atoms with Crippen molar-refractivity contribution in [2.24, 2.45) is 0 Å². The number of imide groups is 1. The van der Waals surface area contributed by atoms with Gasteiger partial charge in [0.1, 0.15) is 0 Å². The number of rotatable bonds is 8. The van der Waals surface area contributed by atoms with Crippen molar-refractivity contribution in [1.82, 2.24) is 15.1 Å². The molecule has 6 heteroatoms. The molecule has 1 atom stereocenters. The molecule has 3 rings (SSSR count). The smallest absolute Gasteiger partial charge is 0.261 e. The van der Waals surface area contributed by atoms with E-state index in [2.05, 4.69) is 17.1 Å². The van der Waals surface area contributed by atoms with Gasteiger partial charge in [0.05, 0.1) is 11.1 Å². The fourth-order valence-corrected chi connectivity index (χ4v) is 3.93. The Morgan fingerprint density at radius 1 is 1.07 bits per heavy atom. The van der Waals surface area contributed by atoms with Crippen molar-refractivity contribution in [3.8, 4) is 0 Å². The fraction of sp³-hybridized carbons (Fsp3) is 0.571. The van der Waals surface area contributed by atoms with Crippen molar-refractivity contribution in [3.05, 3.63) is 35.4 Å². The lowest BCUT2D eigenvalue weighted by Crippen LogP contribution is -2.39. The van der Waals surface area contributed by atoms with E-state index in [1.54, 1.807) is 24.3 Å². The van der Waals surface area contributed by atoms with Gasteiger partial charge in [-0.05, 0) is 51.3 Å². The van der Waals surface area contributed by atoms with Gasteiger partial charge >= 0.3 is 0 Å². The summed E-state index contributed by atoms with van der Waals surface area (Å²) in [6, 6.07) is 7.50. The summed E-state index contributed by atoms with van der Waals surface area (Å²) in [7, 11) is 0. The SMILES string of the molecule is C[C@@H]1CCCCN1CCCNC(=O)CCCN1C(=O)c2ccccc2C1=O. The van der Waals surface area contributed by atoms with Gasteiger partial charge < -0.3 is 10.2 Å². The summed E-state index contributed by atoms with van der Waals surface area (Å²) in [6.45, 7) is 5.42. The molecule has 2 heterocycles. The Morgan fingerprint density at radius 3 is 2.44 bits per heavy atom. The largest absolute Gasteiger partial charge is 0.356 e. The minimum atomic E-state index is -0.258. The standard InChI is InChI=1S/C21H29N3O3/c1-16-8-4-5-13-23(16)14-7-12-22-19(25)11-6-15-24-20(26)17-9-2-3-10-18(17)21(24)27/h2-3,9-10,16H,4-8,11-15H2,1H3,(H,22,25)/t16-/m1/s1. The molecule has 27 heavy (non-hydrogen) atoms. The first-order valence-electron chi connectivity index (χ1n) is 10.0. The highest BCUT2D eigenvalue weighted by atomic mass is 16.2. The number of nitrogens with zero attached hydrogens (tertiary/aromatic N) is 2. The average molecular weight is 371 g/mol. The lowest BCUT2D eigenvalue weighted by atomic mass is 10.0. The molecular weight excluding hydrogens is 342 g/mol. The summed E-state index contributed by atoms with van der Waals surface area (Å²) in [6.07, 6.45) is 5.63. The van der Waals surface area contributed by atoms with E-state index in [-0.39, 0.29) is 24.3 Å². The van der Waals surface area contributed by atoms with E-state index in [1.165, 1.54) is 24.2 Å². The van der Waals surface area contributed by atoms with Crippen LogP contribution in [0, 0.1) is 0 Å². The zero-order valence-electron chi connectivity index (χ0n) is 16.1. The minimum Gasteiger partial charge on any atom is -0.356 e. The molecule has 146 valence electrons. The van der Waals surface area contributed by atoms with Crippen LogP contribution in [-0.2, 0) is 4.79 Å². The zero-order chi connectivity index (χ0) is 19.2. The Bertz CT molecular complexity index is 669. The van der Waals surface area contributed by atoms with Crippen LogP contribution in [0.2, 0.25) is 0 Å². The number of amides is 3. The third kappa shape index (κ3) is 4.75. The van der Waals surface area contributed by atoms with Crippen LogP contribution in [0.1, 0.15) is 66.2 Å². The van der Waals surface area contributed by atoms with E-state index in [0.29, 0.717) is 36.6 Å². The lowest BCUT2D eigenvalue weighted by Gasteiger charge is -2.33. The van der Waals surface area contributed by atoms with E-state index in [9.17, 15) is 14.4 Å². The van der Waals surface area contributed by atoms with Crippen LogP contribution < -0.4 is 5.32 Å². The Labute approximate surface area is 160 Å². The van der Waals surface area contributed by atoms with Crippen LogP contribution in [0.5, 0.6) is 0 Å². The van der Waals surface area contributed by atoms with Crippen molar-refractivity contribution in [1.29, 1.82) is 0 Å². The molecule has 1 saturated heterocycles. The topological polar surface area (TPSA) is 69.7 Å². The van der Waals surface area contributed by atoms with E-state index >= 15 is 0 Å². The van der Waals surface area contributed by atoms with Crippen molar-refractivity contribution in [2.75, 3.05) is 26.2 Å². The molecule has 6 nitrogen and oxygen atoms in total. The molecule has 3 amide bonds. The fourth-order valence-electron chi connectivity index (χ4n) is 3.93. The van der Waals surface area contributed by atoms with Crippen LogP contribution in [0.4, 0.5) is 0 Å². The number of fused-ring (bicyclic) bond motifs is 1. The molecule has 2 aliphatic rings. The summed E-state index contributed by atoms with van der Waals surface area (Å²) in [5.74, 6) is -0.531. The molecule has 1 N–H and O–H groups in total. The Hall–Kier alpha value is -2.21. The molecule has 2 aliphatic heterocycles. The molecule has 0 saturated carbocycles. The van der Waals surface area contributed by atoms with Gasteiger partial charge in [0, 0.05) is 32.1 Å². The Kier molecular flexibility index (Phi) is 6.61. The number of benzene rings is 1. The molecule has 0 aromatic heterocycles. The maximum Gasteiger partial charge on any atom is 0.261 e. The van der Waals surface area contributed by atoms with Crippen LogP contribution >= 0.6 is 0 Å². The van der Waals surface area contributed by atoms with Gasteiger partial charge in [-0.3, -0.25) is 19.3 Å². The molecule has 0 radical (unpaired) electrons. The number of nitrogens with one attached hydrogen (secondary N) is 1. The minimum absolute atomic E-state index is 0.0155. The van der Waals surface area contributed by atoms with E-state index in [1.807, 2.05) is 0 Å². The predicted molar refractivity (Wildman–Crippen MR) is 104 cm³/mol. The van der Waals surface area contributed by atoms with Gasteiger partial charge in [0.25, 0.3) is 11.8 Å². The molecule has 0 bridgehead atoms. The summed E-state index contributed by atoms with van der Waals surface area (Å²) < 4.78 is 0. The van der Waals surface area contributed by atoms with Crippen molar-refractivity contribution < 1.29 is 14.4 Å². The number of hydrogen-bond donors (Lipinski definition) is 1. The van der Waals surface area contributed by atoms with Crippen molar-refractivity contribution in [3.63, 3.8) is 0 Å². The lowest BCUT2D eigenvalue weighted by molar-refractivity contribution is -0.121. The van der Waals surface area contributed by atoms with Gasteiger partial charge in [-0.1, -0.05) is 18.6 Å². The second-order valence-electron chi connectivity index (χ2n) is 7.50. The first kappa shape index (κ1) is 19.5. The van der Waals surface area contributed by atoms with E-state index in [0.717, 1.165) is 19.5 Å². The van der Waals surface area contributed by atoms with Gasteiger partial charge in [-0.25, -0.2) is 0 Å². The monoisotopic (exact) mass is 371 g/mol. The van der Waals surface area contributed by atoms with Gasteiger partial charge in [-0.2, -0.15) is 0 Å². The molecule has 0 spiro atoms. The van der Waals surface area contributed by atoms with Crippen LogP contribution in [0.15, 0.2) is 24.3 Å². The quantitative estimate of drug-likeness (QED) is 0.563. The third-order valence-electron chi connectivity index (χ3n) is 5.55. The molecule has 0 aliphatic carbocycles. The van der Waals surface area contributed by atoms with Gasteiger partial charge in [0.2, 0.25) is 5.91 Å². The van der Waals surface area contributed by atoms with Gasteiger partial charge in [0.15, 0.2) is 0 Å². The first-order chi connectivity index (χ1) is 13.1. The Morgan fingerprint density at radius 2 is 1.78 bits per heavy atom. The van der Waals surface area contributed by atoms with Crippen molar-refractivity contribution in [2.45, 2.75) is 51.5 Å². The third-order valence-corrected chi connectivity index (χ3v) is 5.55. The highest BCUT2D eigenvalue weighted by molar-refractivity contribution is 6.21. The summed E-state index contributed by atoms with van der Waals surface area (Å²) >= 11 is 0. The first-order valence-corrected chi connectivity index (χ1v) is 10.0. The maximum absolute atomic E-state index is 12.3. The summed E-state index contributed by atoms with van der Waals surface area (Å²) in [5.41, 5.74) is 0.915. The second-order valence-corrected chi connectivity index (χ2v) is 7.50. The number of piperidine rings is 1. The Balaban J connectivity index is 1.32. The normalized spacial score (nSPS) is 20.0. The average Bonchev–Trinajstić information content (AvgIpc) is 2.92. The maximum atomic E-state index is 12.3. The number of likely N-dealkylation sites (tertiary alicyclic amines) is 1. The molecule has 1 aromatic rings. The highest BCUT2D eigenvalue weighted by Gasteiger charge is 2.34. The van der Waals surface area contributed by atoms with Crippen LogP contribution in [-0.4, -0.2) is 59.7 Å². The summed E-state index contributed by atoms with van der Waals surface area (Å²) in [4.78, 5) is 40.3. The number of carbonyl (C=O) groups excluding carboxylic acids is 3. The van der Waals surface area contributed by atoms with Crippen LogP contribution in [0.25, 0.3) is 0 Å². The molecular formula is C21H29N3O3. The molecule has 1 fully saturated rings. The second kappa shape index (κ2) is 9.13. The summed E-state index contributed by atoms with van der Waals surface area (Å²) in [5, 5.41) is 2.95. The van der Waals surface area contributed by atoms with Gasteiger partial charge in [-0.15, -0.1) is 0 Å². The van der Waals surface area contributed by atoms with E-state index < -0.39 is 0 Å². The molecule has 1 aromatic carbocycles. The number of hydrogen-bond acceptors (Lipinski definition) is 4. The molecule has 0 unspecified atom stereocenters. The number of carbonyl (C=O) groups is 3. The zero-order valence-corrected chi connectivity index (χ0v) is 16.1. The predicted octanol–water partition coefficient (Wildman–Crippen LogP) is 2.44. The van der Waals surface area contributed by atoms with Crippen molar-refractivity contribution >= 4 is 17.7 Å². The highest BCUT2D eigenvalue weighted by Crippen LogP contribution is 2.22.